The zero-order valence-electron chi connectivity index (χ0n) is 45.0. The summed E-state index contributed by atoms with van der Waals surface area (Å²) in [6, 6.07) is 3.88. The first-order valence-electron chi connectivity index (χ1n) is 26.4. The summed E-state index contributed by atoms with van der Waals surface area (Å²) in [6.45, 7) is 14.2. The number of nitrogens with two attached hydrogens (primary N) is 1. The SMILES string of the molecule is CC(=O)O[C@@H](C)/C=C\C(=O)N[C@@H]1C[C@H](C)[C@H](C/C=C(C)/C=C/[C@@H]2C[C@]3(CO3)C[C@@H](CNC(=O)OCc3ccc(NC(=O)[C@H](CCCNC(N)=O)NC(=O)[C@@H](NC(=O)CCCCCNC(=O)CBr)C(C)C)cc3)O2)O[C@@H]1C. The average molecular weight is 1130 g/mol. The lowest BCUT2D eigenvalue weighted by Crippen LogP contribution is -2.54. The van der Waals surface area contributed by atoms with Crippen molar-refractivity contribution in [3.8, 4) is 0 Å². The van der Waals surface area contributed by atoms with Crippen molar-refractivity contribution in [3.05, 3.63) is 65.8 Å². The molecule has 9 N–H and O–H groups in total. The topological polar surface area (TPSA) is 296 Å². The number of epoxide rings is 1. The Morgan fingerprint density at radius 1 is 0.868 bits per heavy atom. The molecule has 1 spiro atoms. The third-order valence-corrected chi connectivity index (χ3v) is 13.7. The fraction of sp³-hybridized carbons (Fsp3) is 0.630. The van der Waals surface area contributed by atoms with Crippen LogP contribution in [0, 0.1) is 11.8 Å². The summed E-state index contributed by atoms with van der Waals surface area (Å²) >= 11 is 3.10. The van der Waals surface area contributed by atoms with Gasteiger partial charge in [-0.25, -0.2) is 9.59 Å². The van der Waals surface area contributed by atoms with Crippen LogP contribution in [0.1, 0.15) is 118 Å². The highest BCUT2D eigenvalue weighted by Gasteiger charge is 2.51. The summed E-state index contributed by atoms with van der Waals surface area (Å²) in [7, 11) is 0. The predicted octanol–water partition coefficient (Wildman–Crippen LogP) is 5.01. The molecule has 21 nitrogen and oxygen atoms in total. The highest BCUT2D eigenvalue weighted by atomic mass is 79.9. The first-order valence-corrected chi connectivity index (χ1v) is 27.5. The summed E-state index contributed by atoms with van der Waals surface area (Å²) < 4.78 is 29.1. The van der Waals surface area contributed by atoms with Crippen molar-refractivity contribution < 1.29 is 62.0 Å². The van der Waals surface area contributed by atoms with Gasteiger partial charge >= 0.3 is 18.1 Å². The number of rotatable bonds is 29. The molecule has 0 radical (unpaired) electrons. The van der Waals surface area contributed by atoms with Gasteiger partial charge in [0.25, 0.3) is 0 Å². The number of hydrogen-bond acceptors (Lipinski definition) is 13. The zero-order chi connectivity index (χ0) is 55.8. The molecule has 0 aliphatic carbocycles. The highest BCUT2D eigenvalue weighted by Crippen LogP contribution is 2.42. The van der Waals surface area contributed by atoms with Gasteiger partial charge in [-0.05, 0) is 94.9 Å². The van der Waals surface area contributed by atoms with Crippen LogP contribution in [-0.2, 0) is 59.1 Å². The van der Waals surface area contributed by atoms with Gasteiger partial charge in [0.15, 0.2) is 0 Å². The van der Waals surface area contributed by atoms with Crippen molar-refractivity contribution in [2.45, 2.75) is 174 Å². The van der Waals surface area contributed by atoms with E-state index in [4.69, 9.17) is 29.4 Å². The standard InChI is InChI=1S/C54H81BrN8O13/c1-33(2)49(63-46(65)13-9-8-10-24-57-48(67)29-55)51(69)62-43(12-11-25-58-52(56)70)50(68)60-40-19-17-39(18-20-40)31-72-53(71)59-30-42-28-54(32-73-54)27-41(76-42)21-14-34(3)15-22-45-35(4)26-44(37(6)75-45)61-47(66)23-16-36(5)74-38(7)64/h14-21,23,33,35-37,41-45,49H,8-13,22,24-32H2,1-7H3,(H,57,67)(H,59,71)(H,60,68)(H,61,66)(H,62,69)(H,63,65)(H3,56,58,70)/b21-14+,23-16-,34-15+/t35-,36-,37+,41+,42-,43-,44+,45-,49-,54+/m0/s1. The number of unbranched alkanes of at least 4 members (excludes halogenated alkanes) is 2. The Hall–Kier alpha value is -5.84. The number of carbonyl (C=O) groups excluding carboxylic acids is 8. The number of anilines is 1. The van der Waals surface area contributed by atoms with Gasteiger partial charge in [0, 0.05) is 57.6 Å². The van der Waals surface area contributed by atoms with Gasteiger partial charge in [0.05, 0.1) is 48.0 Å². The monoisotopic (exact) mass is 1130 g/mol. The number of esters is 1. The van der Waals surface area contributed by atoms with Crippen LogP contribution in [0.25, 0.3) is 0 Å². The zero-order valence-corrected chi connectivity index (χ0v) is 46.6. The molecule has 22 heteroatoms. The first kappa shape index (κ1) is 62.7. The second kappa shape index (κ2) is 32.0. The molecule has 76 heavy (non-hydrogen) atoms. The maximum absolute atomic E-state index is 13.6. The van der Waals surface area contributed by atoms with Gasteiger partial charge in [-0.1, -0.05) is 79.1 Å². The summed E-state index contributed by atoms with van der Waals surface area (Å²) in [5.41, 5.74) is 7.05. The van der Waals surface area contributed by atoms with E-state index in [1.165, 1.54) is 13.0 Å². The maximum atomic E-state index is 13.6. The molecule has 10 atom stereocenters. The molecule has 3 fully saturated rings. The predicted molar refractivity (Wildman–Crippen MR) is 289 cm³/mol. The second-order valence-corrected chi connectivity index (χ2v) is 20.9. The first-order chi connectivity index (χ1) is 36.1. The van der Waals surface area contributed by atoms with Crippen molar-refractivity contribution in [2.24, 2.45) is 17.6 Å². The van der Waals surface area contributed by atoms with Crippen LogP contribution in [0.4, 0.5) is 15.3 Å². The normalized spacial score (nSPS) is 23.5. The van der Waals surface area contributed by atoms with Crippen LogP contribution >= 0.6 is 15.9 Å². The quantitative estimate of drug-likeness (QED) is 0.0131. The van der Waals surface area contributed by atoms with Crippen LogP contribution in [0.5, 0.6) is 0 Å². The molecule has 8 amide bonds. The number of allylic oxidation sites excluding steroid dienone is 2. The van der Waals surface area contributed by atoms with Gasteiger partial charge in [0.2, 0.25) is 29.5 Å². The number of nitrogens with one attached hydrogen (secondary N) is 7. The Kier molecular flexibility index (Phi) is 26.4. The van der Waals surface area contributed by atoms with Crippen LogP contribution in [0.2, 0.25) is 0 Å². The fourth-order valence-electron chi connectivity index (χ4n) is 8.88. The minimum atomic E-state index is -1.02. The third-order valence-electron chi connectivity index (χ3n) is 13.2. The van der Waals surface area contributed by atoms with E-state index in [9.17, 15) is 38.4 Å². The Morgan fingerprint density at radius 3 is 2.26 bits per heavy atom. The van der Waals surface area contributed by atoms with Crippen LogP contribution in [0.3, 0.4) is 0 Å². The van der Waals surface area contributed by atoms with Gasteiger partial charge < -0.3 is 66.6 Å². The number of halogens is 1. The maximum Gasteiger partial charge on any atom is 0.407 e. The molecule has 3 saturated heterocycles. The fourth-order valence-corrected chi connectivity index (χ4v) is 9.08. The molecule has 3 aliphatic heterocycles. The Labute approximate surface area is 455 Å². The molecule has 3 aliphatic rings. The van der Waals surface area contributed by atoms with E-state index in [2.05, 4.69) is 66.1 Å². The summed E-state index contributed by atoms with van der Waals surface area (Å²) in [5.74, 6) is -2.24. The molecule has 1 aromatic carbocycles. The van der Waals surface area contributed by atoms with Crippen LogP contribution < -0.4 is 43.0 Å². The van der Waals surface area contributed by atoms with E-state index in [1.807, 2.05) is 26.0 Å². The van der Waals surface area contributed by atoms with E-state index in [-0.39, 0.29) is 103 Å². The van der Waals surface area contributed by atoms with E-state index in [0.29, 0.717) is 69.3 Å². The Bertz CT molecular complexity index is 2200. The number of primary amides is 1. The highest BCUT2D eigenvalue weighted by molar-refractivity contribution is 9.09. The van der Waals surface area contributed by atoms with Crippen molar-refractivity contribution in [1.29, 1.82) is 0 Å². The van der Waals surface area contributed by atoms with Crippen LogP contribution in [0.15, 0.2) is 60.2 Å². The van der Waals surface area contributed by atoms with Crippen molar-refractivity contribution in [2.75, 3.05) is 36.9 Å². The molecule has 4 rings (SSSR count). The van der Waals surface area contributed by atoms with Gasteiger partial charge in [0.1, 0.15) is 24.8 Å². The van der Waals surface area contributed by atoms with Crippen LogP contribution in [-0.4, -0.2) is 133 Å². The Balaban J connectivity index is 1.21. The number of alkyl halides is 1. The molecular formula is C54H81BrN8O13. The van der Waals surface area contributed by atoms with Crippen molar-refractivity contribution >= 4 is 69.2 Å². The molecule has 0 unspecified atom stereocenters. The third kappa shape index (κ3) is 23.6. The van der Waals surface area contributed by atoms with Gasteiger partial charge in [-0.3, -0.25) is 28.8 Å². The van der Waals surface area contributed by atoms with E-state index >= 15 is 0 Å². The average Bonchev–Trinajstić information content (AvgIpc) is 4.12. The summed E-state index contributed by atoms with van der Waals surface area (Å²) in [5, 5.41) is 19.7. The lowest BCUT2D eigenvalue weighted by molar-refractivity contribution is -0.143. The summed E-state index contributed by atoms with van der Waals surface area (Å²) in [4.78, 5) is 99.2. The molecule has 0 bridgehead atoms. The lowest BCUT2D eigenvalue weighted by atomic mass is 9.88. The minimum Gasteiger partial charge on any atom is -0.459 e. The summed E-state index contributed by atoms with van der Waals surface area (Å²) in [6.07, 6.45) is 12.7. The molecular weight excluding hydrogens is 1050 g/mol. The molecule has 0 aromatic heterocycles. The number of benzene rings is 1. The van der Waals surface area contributed by atoms with Crippen molar-refractivity contribution in [1.82, 2.24) is 31.9 Å². The van der Waals surface area contributed by atoms with Crippen molar-refractivity contribution in [3.63, 3.8) is 0 Å². The second-order valence-electron chi connectivity index (χ2n) is 20.3. The number of amides is 8. The number of hydrogen-bond donors (Lipinski definition) is 8. The van der Waals surface area contributed by atoms with Gasteiger partial charge in [-0.2, -0.15) is 0 Å². The molecule has 0 saturated carbocycles. The molecule has 3 heterocycles. The number of ether oxygens (including phenoxy) is 5. The number of urea groups is 1. The van der Waals surface area contributed by atoms with Gasteiger partial charge in [-0.15, -0.1) is 0 Å². The van der Waals surface area contributed by atoms with E-state index in [0.717, 1.165) is 12.0 Å². The van der Waals surface area contributed by atoms with E-state index < -0.39 is 48.1 Å². The minimum absolute atomic E-state index is 0.0206. The lowest BCUT2D eigenvalue weighted by Gasteiger charge is -2.39. The smallest absolute Gasteiger partial charge is 0.407 e. The largest absolute Gasteiger partial charge is 0.459 e. The molecule has 422 valence electrons. The number of carbonyl (C=O) groups is 8. The Morgan fingerprint density at radius 2 is 1.59 bits per heavy atom. The van der Waals surface area contributed by atoms with E-state index in [1.54, 1.807) is 51.1 Å². The number of alkyl carbamates (subject to hydrolysis) is 1. The molecule has 1 aromatic rings.